The van der Waals surface area contributed by atoms with Gasteiger partial charge in [-0.2, -0.15) is 0 Å². The highest BCUT2D eigenvalue weighted by molar-refractivity contribution is 4.93. The molecule has 0 aromatic carbocycles. The summed E-state index contributed by atoms with van der Waals surface area (Å²) in [5, 5.41) is 0. The molecule has 2 aliphatic heterocycles. The van der Waals surface area contributed by atoms with Crippen molar-refractivity contribution in [2.75, 3.05) is 19.8 Å². The second-order valence-electron chi connectivity index (χ2n) is 6.23. The smallest absolute Gasteiger partial charge is 0.0593 e. The van der Waals surface area contributed by atoms with Crippen LogP contribution in [-0.2, 0) is 4.74 Å². The molecule has 0 amide bonds. The van der Waals surface area contributed by atoms with E-state index in [0.29, 0.717) is 6.04 Å². The first-order chi connectivity index (χ1) is 8.33. The molecule has 3 nitrogen and oxygen atoms in total. The third-order valence-corrected chi connectivity index (χ3v) is 4.71. The van der Waals surface area contributed by atoms with E-state index in [1.807, 2.05) is 0 Å². The molecular formula is C14H26N2O. The van der Waals surface area contributed by atoms with E-state index in [4.69, 9.17) is 10.5 Å². The maximum Gasteiger partial charge on any atom is 0.0593 e. The van der Waals surface area contributed by atoms with E-state index in [9.17, 15) is 0 Å². The maximum absolute atomic E-state index is 6.13. The zero-order valence-corrected chi connectivity index (χ0v) is 10.8. The molecular weight excluding hydrogens is 212 g/mol. The summed E-state index contributed by atoms with van der Waals surface area (Å²) in [6.45, 7) is 3.07. The summed E-state index contributed by atoms with van der Waals surface area (Å²) in [5.41, 5.74) is 6.13. The van der Waals surface area contributed by atoms with E-state index in [1.54, 1.807) is 0 Å². The van der Waals surface area contributed by atoms with Gasteiger partial charge in [0.25, 0.3) is 0 Å². The van der Waals surface area contributed by atoms with E-state index < -0.39 is 0 Å². The standard InChI is InChI=1S/C14H26N2O/c15-12-8-13-2-1-3-14(9-12)16(13)6-7-17-10-11-4-5-11/h11-14H,1-10,15H2. The van der Waals surface area contributed by atoms with Crippen LogP contribution in [0.1, 0.15) is 44.9 Å². The Morgan fingerprint density at radius 2 is 1.76 bits per heavy atom. The minimum absolute atomic E-state index is 0.453. The summed E-state index contributed by atoms with van der Waals surface area (Å²) in [4.78, 5) is 2.69. The molecule has 0 aromatic rings. The van der Waals surface area contributed by atoms with Crippen LogP contribution in [0.5, 0.6) is 0 Å². The van der Waals surface area contributed by atoms with Gasteiger partial charge in [-0.05, 0) is 44.4 Å². The predicted octanol–water partition coefficient (Wildman–Crippen LogP) is 1.76. The molecule has 1 saturated carbocycles. The summed E-state index contributed by atoms with van der Waals surface area (Å²) >= 11 is 0. The average Bonchev–Trinajstić information content (AvgIpc) is 3.08. The van der Waals surface area contributed by atoms with Crippen LogP contribution in [0, 0.1) is 5.92 Å². The number of nitrogens with zero attached hydrogens (tertiary/aromatic N) is 1. The predicted molar refractivity (Wildman–Crippen MR) is 68.9 cm³/mol. The van der Waals surface area contributed by atoms with Crippen molar-refractivity contribution in [1.82, 2.24) is 4.90 Å². The SMILES string of the molecule is NC1CC2CCCC(C1)N2CCOCC1CC1. The zero-order valence-electron chi connectivity index (χ0n) is 10.8. The normalized spacial score (nSPS) is 38.3. The Labute approximate surface area is 105 Å². The number of fused-ring (bicyclic) bond motifs is 2. The molecule has 0 radical (unpaired) electrons. The average molecular weight is 238 g/mol. The lowest BCUT2D eigenvalue weighted by molar-refractivity contribution is 0.00290. The van der Waals surface area contributed by atoms with Crippen molar-refractivity contribution in [1.29, 1.82) is 0 Å². The lowest BCUT2D eigenvalue weighted by Crippen LogP contribution is -2.56. The second-order valence-corrected chi connectivity index (χ2v) is 6.23. The summed E-state index contributed by atoms with van der Waals surface area (Å²) < 4.78 is 5.78. The zero-order chi connectivity index (χ0) is 11.7. The number of nitrogens with two attached hydrogens (primary N) is 1. The van der Waals surface area contributed by atoms with Gasteiger partial charge in [-0.15, -0.1) is 0 Å². The fourth-order valence-electron chi connectivity index (χ4n) is 3.59. The molecule has 2 heterocycles. The van der Waals surface area contributed by atoms with Crippen LogP contribution in [0.15, 0.2) is 0 Å². The Morgan fingerprint density at radius 1 is 1.06 bits per heavy atom. The van der Waals surface area contributed by atoms with E-state index in [-0.39, 0.29) is 0 Å². The first kappa shape index (κ1) is 11.9. The highest BCUT2D eigenvalue weighted by Crippen LogP contribution is 2.33. The quantitative estimate of drug-likeness (QED) is 0.742. The van der Waals surface area contributed by atoms with E-state index in [2.05, 4.69) is 4.90 Å². The van der Waals surface area contributed by atoms with Crippen molar-refractivity contribution in [3.63, 3.8) is 0 Å². The lowest BCUT2D eigenvalue weighted by Gasteiger charge is -2.48. The van der Waals surface area contributed by atoms with Gasteiger partial charge in [0, 0.05) is 31.3 Å². The minimum Gasteiger partial charge on any atom is -0.380 e. The first-order valence-corrected chi connectivity index (χ1v) is 7.42. The number of ether oxygens (including phenoxy) is 1. The van der Waals surface area contributed by atoms with Crippen LogP contribution in [0.3, 0.4) is 0 Å². The number of piperidine rings is 2. The van der Waals surface area contributed by atoms with E-state index in [0.717, 1.165) is 37.8 Å². The van der Waals surface area contributed by atoms with Crippen molar-refractivity contribution in [3.05, 3.63) is 0 Å². The van der Waals surface area contributed by atoms with Crippen LogP contribution in [-0.4, -0.2) is 42.8 Å². The van der Waals surface area contributed by atoms with Gasteiger partial charge in [0.2, 0.25) is 0 Å². The molecule has 2 N–H and O–H groups in total. The molecule has 0 aromatic heterocycles. The molecule has 17 heavy (non-hydrogen) atoms. The molecule has 3 aliphatic rings. The molecule has 3 heteroatoms. The van der Waals surface area contributed by atoms with Crippen molar-refractivity contribution >= 4 is 0 Å². The molecule has 3 rings (SSSR count). The molecule has 3 fully saturated rings. The summed E-state index contributed by atoms with van der Waals surface area (Å²) in [6, 6.07) is 1.96. The molecule has 2 bridgehead atoms. The Balaban J connectivity index is 1.44. The van der Waals surface area contributed by atoms with Crippen LogP contribution in [0.4, 0.5) is 0 Å². The molecule has 2 unspecified atom stereocenters. The summed E-state index contributed by atoms with van der Waals surface area (Å²) in [7, 11) is 0. The number of hydrogen-bond acceptors (Lipinski definition) is 3. The monoisotopic (exact) mass is 238 g/mol. The third kappa shape index (κ3) is 3.01. The molecule has 98 valence electrons. The summed E-state index contributed by atoms with van der Waals surface area (Å²) in [5.74, 6) is 0.893. The first-order valence-electron chi connectivity index (χ1n) is 7.42. The van der Waals surface area contributed by atoms with Crippen LogP contribution >= 0.6 is 0 Å². The van der Waals surface area contributed by atoms with Gasteiger partial charge in [-0.1, -0.05) is 6.42 Å². The molecule has 0 spiro atoms. The lowest BCUT2D eigenvalue weighted by atomic mass is 9.82. The van der Waals surface area contributed by atoms with Crippen LogP contribution < -0.4 is 5.73 Å². The van der Waals surface area contributed by atoms with Gasteiger partial charge in [-0.3, -0.25) is 4.90 Å². The van der Waals surface area contributed by atoms with Crippen LogP contribution in [0.25, 0.3) is 0 Å². The topological polar surface area (TPSA) is 38.5 Å². The van der Waals surface area contributed by atoms with Crippen molar-refractivity contribution < 1.29 is 4.74 Å². The highest BCUT2D eigenvalue weighted by atomic mass is 16.5. The van der Waals surface area contributed by atoms with Gasteiger partial charge >= 0.3 is 0 Å². The highest BCUT2D eigenvalue weighted by Gasteiger charge is 2.36. The van der Waals surface area contributed by atoms with E-state index >= 15 is 0 Å². The van der Waals surface area contributed by atoms with E-state index in [1.165, 1.54) is 44.9 Å². The Morgan fingerprint density at radius 3 is 2.41 bits per heavy atom. The van der Waals surface area contributed by atoms with Gasteiger partial charge in [-0.25, -0.2) is 0 Å². The van der Waals surface area contributed by atoms with Gasteiger partial charge in [0.05, 0.1) is 6.61 Å². The molecule has 2 atom stereocenters. The fraction of sp³-hybridized carbons (Fsp3) is 1.00. The van der Waals surface area contributed by atoms with Crippen LogP contribution in [0.2, 0.25) is 0 Å². The van der Waals surface area contributed by atoms with Crippen molar-refractivity contribution in [3.8, 4) is 0 Å². The fourth-order valence-corrected chi connectivity index (χ4v) is 3.59. The largest absolute Gasteiger partial charge is 0.380 e. The summed E-state index contributed by atoms with van der Waals surface area (Å²) in [6.07, 6.45) is 9.31. The van der Waals surface area contributed by atoms with Crippen molar-refractivity contribution in [2.45, 2.75) is 63.1 Å². The van der Waals surface area contributed by atoms with Gasteiger partial charge in [0.1, 0.15) is 0 Å². The Bertz CT molecular complexity index is 241. The second kappa shape index (κ2) is 5.25. The Hall–Kier alpha value is -0.120. The van der Waals surface area contributed by atoms with Crippen molar-refractivity contribution in [2.24, 2.45) is 11.7 Å². The Kier molecular flexibility index (Phi) is 3.69. The maximum atomic E-state index is 6.13. The number of hydrogen-bond donors (Lipinski definition) is 1. The minimum atomic E-state index is 0.453. The molecule has 2 saturated heterocycles. The van der Waals surface area contributed by atoms with Gasteiger partial charge < -0.3 is 10.5 Å². The molecule has 1 aliphatic carbocycles. The number of rotatable bonds is 5. The van der Waals surface area contributed by atoms with Gasteiger partial charge in [0.15, 0.2) is 0 Å². The third-order valence-electron chi connectivity index (χ3n) is 4.71.